The Morgan fingerprint density at radius 3 is 2.50 bits per heavy atom. The van der Waals surface area contributed by atoms with Gasteiger partial charge in [-0.3, -0.25) is 4.79 Å². The molecule has 1 N–H and O–H groups in total. The number of furan rings is 1. The maximum atomic E-state index is 13.0. The Morgan fingerprint density at radius 2 is 1.88 bits per heavy atom. The van der Waals surface area contributed by atoms with Crippen LogP contribution in [0.3, 0.4) is 0 Å². The summed E-state index contributed by atoms with van der Waals surface area (Å²) in [7, 11) is 1.96. The molecule has 4 nitrogen and oxygen atoms in total. The molecule has 1 aromatic heterocycles. The first-order valence-electron chi connectivity index (χ1n) is 7.97. The second-order valence-electron chi connectivity index (χ2n) is 5.96. The predicted molar refractivity (Wildman–Crippen MR) is 93.9 cm³/mol. The van der Waals surface area contributed by atoms with E-state index in [0.717, 1.165) is 38.0 Å². The molecule has 1 aromatic carbocycles. The Balaban J connectivity index is 0.00000208. The number of carbonyl (C=O) groups excluding carboxylic acids is 1. The summed E-state index contributed by atoms with van der Waals surface area (Å²) in [4.78, 5) is 14.4. The zero-order valence-corrected chi connectivity index (χ0v) is 14.4. The van der Waals surface area contributed by atoms with Gasteiger partial charge in [0.05, 0.1) is 0 Å². The number of nitrogens with zero attached hydrogens (tertiary/aromatic N) is 1. The maximum Gasteiger partial charge on any atom is 0.289 e. The van der Waals surface area contributed by atoms with Crippen LogP contribution in [0.25, 0.3) is 11.3 Å². The smallest absolute Gasteiger partial charge is 0.289 e. The fourth-order valence-electron chi connectivity index (χ4n) is 3.01. The lowest BCUT2D eigenvalue weighted by molar-refractivity contribution is 0.0660. The standard InChI is InChI=1S/C18H21FN2O2.ClH/c1-20-12-13-8-10-21(11-9-13)18(22)17-7-6-16(23-17)14-2-4-15(19)5-3-14;/h2-7,13,20H,8-12H2,1H3;1H. The molecule has 24 heavy (non-hydrogen) atoms. The zero-order chi connectivity index (χ0) is 16.2. The van der Waals surface area contributed by atoms with Crippen LogP contribution < -0.4 is 5.32 Å². The van der Waals surface area contributed by atoms with Gasteiger partial charge in [0.2, 0.25) is 0 Å². The highest BCUT2D eigenvalue weighted by Gasteiger charge is 2.25. The Morgan fingerprint density at radius 1 is 1.21 bits per heavy atom. The van der Waals surface area contributed by atoms with Crippen LogP contribution in [0.4, 0.5) is 4.39 Å². The van der Waals surface area contributed by atoms with E-state index in [9.17, 15) is 9.18 Å². The first kappa shape index (κ1) is 18.5. The minimum absolute atomic E-state index is 0. The summed E-state index contributed by atoms with van der Waals surface area (Å²) in [5.74, 6) is 1.20. The molecule has 1 saturated heterocycles. The minimum atomic E-state index is -0.291. The number of benzene rings is 1. The van der Waals surface area contributed by atoms with Gasteiger partial charge in [-0.1, -0.05) is 0 Å². The van der Waals surface area contributed by atoms with Crippen molar-refractivity contribution in [2.24, 2.45) is 5.92 Å². The second kappa shape index (κ2) is 8.31. The van der Waals surface area contributed by atoms with Gasteiger partial charge < -0.3 is 14.6 Å². The van der Waals surface area contributed by atoms with E-state index in [1.165, 1.54) is 12.1 Å². The molecule has 0 spiro atoms. The number of nitrogens with one attached hydrogen (secondary N) is 1. The van der Waals surface area contributed by atoms with Crippen LogP contribution in [0.15, 0.2) is 40.8 Å². The van der Waals surface area contributed by atoms with Crippen LogP contribution in [0.1, 0.15) is 23.4 Å². The monoisotopic (exact) mass is 352 g/mol. The maximum absolute atomic E-state index is 13.0. The topological polar surface area (TPSA) is 45.5 Å². The van der Waals surface area contributed by atoms with E-state index in [0.29, 0.717) is 17.4 Å². The van der Waals surface area contributed by atoms with Gasteiger partial charge in [-0.25, -0.2) is 4.39 Å². The third-order valence-electron chi connectivity index (χ3n) is 4.34. The van der Waals surface area contributed by atoms with E-state index in [1.54, 1.807) is 24.3 Å². The van der Waals surface area contributed by atoms with Gasteiger partial charge in [-0.05, 0) is 68.8 Å². The van der Waals surface area contributed by atoms with Crippen LogP contribution in [0, 0.1) is 11.7 Å². The molecule has 1 aliphatic rings. The van der Waals surface area contributed by atoms with Crippen molar-refractivity contribution >= 4 is 18.3 Å². The third kappa shape index (κ3) is 4.16. The van der Waals surface area contributed by atoms with Crippen LogP contribution in [-0.2, 0) is 0 Å². The second-order valence-corrected chi connectivity index (χ2v) is 5.96. The molecule has 0 radical (unpaired) electrons. The fraction of sp³-hybridized carbons (Fsp3) is 0.389. The lowest BCUT2D eigenvalue weighted by atomic mass is 9.97. The molecule has 2 aromatic rings. The average molecular weight is 353 g/mol. The van der Waals surface area contributed by atoms with E-state index in [2.05, 4.69) is 5.32 Å². The molecule has 1 fully saturated rings. The molecule has 130 valence electrons. The van der Waals surface area contributed by atoms with Gasteiger partial charge in [0.15, 0.2) is 5.76 Å². The van der Waals surface area contributed by atoms with Gasteiger partial charge in [-0.2, -0.15) is 0 Å². The lowest BCUT2D eigenvalue weighted by Gasteiger charge is -2.31. The molecule has 1 amide bonds. The lowest BCUT2D eigenvalue weighted by Crippen LogP contribution is -2.40. The van der Waals surface area contributed by atoms with Gasteiger partial charge in [0, 0.05) is 18.7 Å². The Hall–Kier alpha value is -1.85. The van der Waals surface area contributed by atoms with Gasteiger partial charge in [0.1, 0.15) is 11.6 Å². The molecule has 0 saturated carbocycles. The molecular formula is C18H22ClFN2O2. The number of hydrogen-bond donors (Lipinski definition) is 1. The van der Waals surface area contributed by atoms with Crippen molar-refractivity contribution in [2.45, 2.75) is 12.8 Å². The van der Waals surface area contributed by atoms with Gasteiger partial charge in [0.25, 0.3) is 5.91 Å². The Bertz CT molecular complexity index is 664. The summed E-state index contributed by atoms with van der Waals surface area (Å²) in [6.45, 7) is 2.52. The number of carbonyl (C=O) groups is 1. The Kier molecular flexibility index (Phi) is 6.40. The molecule has 0 unspecified atom stereocenters. The number of amides is 1. The molecular weight excluding hydrogens is 331 g/mol. The largest absolute Gasteiger partial charge is 0.451 e. The minimum Gasteiger partial charge on any atom is -0.451 e. The van der Waals surface area contributed by atoms with Crippen molar-refractivity contribution in [2.75, 3.05) is 26.7 Å². The van der Waals surface area contributed by atoms with Crippen LogP contribution in [-0.4, -0.2) is 37.5 Å². The highest BCUT2D eigenvalue weighted by molar-refractivity contribution is 5.92. The van der Waals surface area contributed by atoms with Crippen molar-refractivity contribution in [1.29, 1.82) is 0 Å². The first-order chi connectivity index (χ1) is 11.2. The van der Waals surface area contributed by atoms with E-state index in [-0.39, 0.29) is 24.1 Å². The summed E-state index contributed by atoms with van der Waals surface area (Å²) in [6.07, 6.45) is 2.02. The van der Waals surface area contributed by atoms with Gasteiger partial charge in [-0.15, -0.1) is 12.4 Å². The van der Waals surface area contributed by atoms with E-state index >= 15 is 0 Å². The summed E-state index contributed by atoms with van der Waals surface area (Å²) in [6, 6.07) is 9.50. The van der Waals surface area contributed by atoms with Crippen molar-refractivity contribution in [3.05, 3.63) is 48.0 Å². The van der Waals surface area contributed by atoms with Crippen molar-refractivity contribution in [3.8, 4) is 11.3 Å². The molecule has 6 heteroatoms. The van der Waals surface area contributed by atoms with E-state index in [1.807, 2.05) is 11.9 Å². The van der Waals surface area contributed by atoms with E-state index in [4.69, 9.17) is 4.42 Å². The zero-order valence-electron chi connectivity index (χ0n) is 13.6. The normalized spacial score (nSPS) is 15.2. The van der Waals surface area contributed by atoms with Crippen LogP contribution in [0.5, 0.6) is 0 Å². The summed E-state index contributed by atoms with van der Waals surface area (Å²) in [5.41, 5.74) is 0.762. The predicted octanol–water partition coefficient (Wildman–Crippen LogP) is 3.58. The molecule has 0 aliphatic carbocycles. The molecule has 0 bridgehead atoms. The SMILES string of the molecule is CNCC1CCN(C(=O)c2ccc(-c3ccc(F)cc3)o2)CC1.Cl. The molecule has 0 atom stereocenters. The number of likely N-dealkylation sites (tertiary alicyclic amines) is 1. The average Bonchev–Trinajstić information content (AvgIpc) is 3.06. The highest BCUT2D eigenvalue weighted by atomic mass is 35.5. The summed E-state index contributed by atoms with van der Waals surface area (Å²) >= 11 is 0. The van der Waals surface area contributed by atoms with E-state index < -0.39 is 0 Å². The van der Waals surface area contributed by atoms with Crippen LogP contribution in [0.2, 0.25) is 0 Å². The number of halogens is 2. The first-order valence-corrected chi connectivity index (χ1v) is 7.97. The Labute approximate surface area is 147 Å². The molecule has 1 aliphatic heterocycles. The summed E-state index contributed by atoms with van der Waals surface area (Å²) in [5, 5.41) is 3.19. The van der Waals surface area contributed by atoms with Gasteiger partial charge >= 0.3 is 0 Å². The molecule has 3 rings (SSSR count). The fourth-order valence-corrected chi connectivity index (χ4v) is 3.01. The van der Waals surface area contributed by atoms with Crippen molar-refractivity contribution < 1.29 is 13.6 Å². The quantitative estimate of drug-likeness (QED) is 0.914. The summed E-state index contributed by atoms with van der Waals surface area (Å²) < 4.78 is 18.6. The number of piperidine rings is 1. The van der Waals surface area contributed by atoms with Crippen LogP contribution >= 0.6 is 12.4 Å². The van der Waals surface area contributed by atoms with Crippen molar-refractivity contribution in [3.63, 3.8) is 0 Å². The highest BCUT2D eigenvalue weighted by Crippen LogP contribution is 2.24. The number of hydrogen-bond acceptors (Lipinski definition) is 3. The third-order valence-corrected chi connectivity index (χ3v) is 4.34. The number of rotatable bonds is 4. The molecule has 2 heterocycles. The van der Waals surface area contributed by atoms with Crippen molar-refractivity contribution in [1.82, 2.24) is 10.2 Å².